The second-order valence-electron chi connectivity index (χ2n) is 5.94. The highest BCUT2D eigenvalue weighted by atomic mass is 35.5. The maximum atomic E-state index is 13.8. The molecule has 0 saturated carbocycles. The standard InChI is InChI=1S/C17H18ClFO/c1-17(2,3)12-6-4-11(5-7-12)16(20)14-9-8-13(18)10-15(14)19/h4-10,16,20H,1-3H3. The van der Waals surface area contributed by atoms with E-state index < -0.39 is 11.9 Å². The molecular weight excluding hydrogens is 275 g/mol. The molecule has 0 amide bonds. The predicted molar refractivity (Wildman–Crippen MR) is 80.6 cm³/mol. The number of hydrogen-bond donors (Lipinski definition) is 1. The molecular formula is C17H18ClFO. The Hall–Kier alpha value is -1.38. The molecule has 3 heteroatoms. The van der Waals surface area contributed by atoms with Crippen molar-refractivity contribution < 1.29 is 9.50 Å². The Kier molecular flexibility index (Phi) is 4.17. The number of aliphatic hydroxyl groups excluding tert-OH is 1. The lowest BCUT2D eigenvalue weighted by molar-refractivity contribution is 0.215. The van der Waals surface area contributed by atoms with Crippen LogP contribution in [-0.4, -0.2) is 5.11 Å². The number of benzene rings is 2. The van der Waals surface area contributed by atoms with E-state index in [4.69, 9.17) is 11.6 Å². The van der Waals surface area contributed by atoms with Crippen molar-refractivity contribution >= 4 is 11.6 Å². The van der Waals surface area contributed by atoms with Gasteiger partial charge in [0.1, 0.15) is 11.9 Å². The minimum absolute atomic E-state index is 0.0506. The number of halogens is 2. The highest BCUT2D eigenvalue weighted by Crippen LogP contribution is 2.28. The normalized spacial score (nSPS) is 13.3. The number of hydrogen-bond acceptors (Lipinski definition) is 1. The summed E-state index contributed by atoms with van der Waals surface area (Å²) in [6.07, 6.45) is -0.985. The van der Waals surface area contributed by atoms with E-state index in [1.807, 2.05) is 24.3 Å². The smallest absolute Gasteiger partial charge is 0.130 e. The summed E-state index contributed by atoms with van der Waals surface area (Å²) in [5, 5.41) is 10.6. The van der Waals surface area contributed by atoms with Gasteiger partial charge < -0.3 is 5.11 Å². The van der Waals surface area contributed by atoms with Crippen molar-refractivity contribution in [1.82, 2.24) is 0 Å². The quantitative estimate of drug-likeness (QED) is 0.838. The zero-order valence-electron chi connectivity index (χ0n) is 11.8. The van der Waals surface area contributed by atoms with Gasteiger partial charge in [0.15, 0.2) is 0 Å². The topological polar surface area (TPSA) is 20.2 Å². The van der Waals surface area contributed by atoms with Gasteiger partial charge in [-0.1, -0.05) is 62.7 Å². The van der Waals surface area contributed by atoms with Gasteiger partial charge in [-0.3, -0.25) is 0 Å². The molecule has 1 nitrogen and oxygen atoms in total. The fourth-order valence-corrected chi connectivity index (χ4v) is 2.23. The van der Waals surface area contributed by atoms with Crippen molar-refractivity contribution in [3.63, 3.8) is 0 Å². The molecule has 2 aromatic carbocycles. The zero-order valence-corrected chi connectivity index (χ0v) is 12.6. The van der Waals surface area contributed by atoms with Crippen LogP contribution in [0.3, 0.4) is 0 Å². The van der Waals surface area contributed by atoms with Gasteiger partial charge in [0.2, 0.25) is 0 Å². The molecule has 2 aromatic rings. The van der Waals surface area contributed by atoms with Crippen LogP contribution in [-0.2, 0) is 5.41 Å². The van der Waals surface area contributed by atoms with E-state index in [2.05, 4.69) is 20.8 Å². The van der Waals surface area contributed by atoms with Crippen molar-refractivity contribution in [2.24, 2.45) is 0 Å². The summed E-state index contributed by atoms with van der Waals surface area (Å²) in [4.78, 5) is 0. The third kappa shape index (κ3) is 3.20. The van der Waals surface area contributed by atoms with Crippen LogP contribution >= 0.6 is 11.6 Å². The lowest BCUT2D eigenvalue weighted by Crippen LogP contribution is -2.11. The van der Waals surface area contributed by atoms with E-state index in [1.165, 1.54) is 17.7 Å². The molecule has 2 rings (SSSR count). The van der Waals surface area contributed by atoms with E-state index in [1.54, 1.807) is 6.07 Å². The average Bonchev–Trinajstić information content (AvgIpc) is 2.37. The minimum atomic E-state index is -0.985. The molecule has 0 spiro atoms. The highest BCUT2D eigenvalue weighted by Gasteiger charge is 2.17. The Labute approximate surface area is 124 Å². The molecule has 0 aliphatic carbocycles. The summed E-state index contributed by atoms with van der Waals surface area (Å²) in [7, 11) is 0. The SMILES string of the molecule is CC(C)(C)c1ccc(C(O)c2ccc(Cl)cc2F)cc1. The van der Waals surface area contributed by atoms with Crippen LogP contribution in [0, 0.1) is 5.82 Å². The summed E-state index contributed by atoms with van der Waals surface area (Å²) in [6, 6.07) is 11.9. The lowest BCUT2D eigenvalue weighted by atomic mass is 9.86. The molecule has 0 aliphatic heterocycles. The molecule has 20 heavy (non-hydrogen) atoms. The Morgan fingerprint density at radius 3 is 2.15 bits per heavy atom. The van der Waals surface area contributed by atoms with Gasteiger partial charge in [-0.25, -0.2) is 4.39 Å². The Balaban J connectivity index is 2.31. The second kappa shape index (κ2) is 5.55. The largest absolute Gasteiger partial charge is 0.384 e. The van der Waals surface area contributed by atoms with Crippen LogP contribution < -0.4 is 0 Å². The molecule has 0 radical (unpaired) electrons. The van der Waals surface area contributed by atoms with Gasteiger partial charge in [-0.05, 0) is 28.7 Å². The fraction of sp³-hybridized carbons (Fsp3) is 0.294. The van der Waals surface area contributed by atoms with Gasteiger partial charge in [0.05, 0.1) is 0 Å². The second-order valence-corrected chi connectivity index (χ2v) is 6.38. The van der Waals surface area contributed by atoms with E-state index in [-0.39, 0.29) is 11.0 Å². The summed E-state index contributed by atoms with van der Waals surface area (Å²) >= 11 is 5.72. The molecule has 1 N–H and O–H groups in total. The van der Waals surface area contributed by atoms with Gasteiger partial charge in [-0.15, -0.1) is 0 Å². The Bertz CT molecular complexity index is 599. The first kappa shape index (κ1) is 15.0. The summed E-state index contributed by atoms with van der Waals surface area (Å²) < 4.78 is 13.8. The van der Waals surface area contributed by atoms with Crippen molar-refractivity contribution in [3.8, 4) is 0 Å². The van der Waals surface area contributed by atoms with E-state index in [0.717, 1.165) is 0 Å². The molecule has 106 valence electrons. The summed E-state index contributed by atoms with van der Waals surface area (Å²) in [5.74, 6) is -0.495. The van der Waals surface area contributed by atoms with Crippen LogP contribution in [0.4, 0.5) is 4.39 Å². The molecule has 0 saturated heterocycles. The number of rotatable bonds is 2. The lowest BCUT2D eigenvalue weighted by Gasteiger charge is -2.20. The highest BCUT2D eigenvalue weighted by molar-refractivity contribution is 6.30. The monoisotopic (exact) mass is 292 g/mol. The van der Waals surface area contributed by atoms with Crippen molar-refractivity contribution in [2.45, 2.75) is 32.3 Å². The van der Waals surface area contributed by atoms with E-state index in [0.29, 0.717) is 10.6 Å². The third-order valence-corrected chi connectivity index (χ3v) is 3.58. The summed E-state index contributed by atoms with van der Waals surface area (Å²) in [6.45, 7) is 6.37. The molecule has 1 atom stereocenters. The average molecular weight is 293 g/mol. The first-order chi connectivity index (χ1) is 9.29. The van der Waals surface area contributed by atoms with E-state index in [9.17, 15) is 9.50 Å². The van der Waals surface area contributed by atoms with Crippen LogP contribution in [0.25, 0.3) is 0 Å². The number of aliphatic hydroxyl groups is 1. The van der Waals surface area contributed by atoms with Crippen LogP contribution in [0.5, 0.6) is 0 Å². The first-order valence-electron chi connectivity index (χ1n) is 6.52. The maximum absolute atomic E-state index is 13.8. The fourth-order valence-electron chi connectivity index (χ4n) is 2.07. The Morgan fingerprint density at radius 2 is 1.65 bits per heavy atom. The van der Waals surface area contributed by atoms with Crippen LogP contribution in [0.1, 0.15) is 43.6 Å². The molecule has 0 fully saturated rings. The van der Waals surface area contributed by atoms with Gasteiger partial charge >= 0.3 is 0 Å². The molecule has 0 aliphatic rings. The van der Waals surface area contributed by atoms with E-state index >= 15 is 0 Å². The molecule has 0 heterocycles. The minimum Gasteiger partial charge on any atom is -0.384 e. The predicted octanol–water partition coefficient (Wildman–Crippen LogP) is 4.86. The van der Waals surface area contributed by atoms with Crippen molar-refractivity contribution in [3.05, 3.63) is 70.0 Å². The van der Waals surface area contributed by atoms with Gasteiger partial charge in [-0.2, -0.15) is 0 Å². The van der Waals surface area contributed by atoms with Crippen molar-refractivity contribution in [1.29, 1.82) is 0 Å². The third-order valence-electron chi connectivity index (χ3n) is 3.35. The zero-order chi connectivity index (χ0) is 14.9. The van der Waals surface area contributed by atoms with Gasteiger partial charge in [0.25, 0.3) is 0 Å². The van der Waals surface area contributed by atoms with Crippen LogP contribution in [0.2, 0.25) is 5.02 Å². The van der Waals surface area contributed by atoms with Crippen molar-refractivity contribution in [2.75, 3.05) is 0 Å². The van der Waals surface area contributed by atoms with Gasteiger partial charge in [0, 0.05) is 10.6 Å². The molecule has 0 aromatic heterocycles. The first-order valence-corrected chi connectivity index (χ1v) is 6.90. The summed E-state index contributed by atoms with van der Waals surface area (Å²) in [5.41, 5.74) is 2.12. The molecule has 1 unspecified atom stereocenters. The maximum Gasteiger partial charge on any atom is 0.130 e. The molecule has 0 bridgehead atoms. The Morgan fingerprint density at radius 1 is 1.05 bits per heavy atom. The van der Waals surface area contributed by atoms with Crippen LogP contribution in [0.15, 0.2) is 42.5 Å².